The summed E-state index contributed by atoms with van der Waals surface area (Å²) in [4.78, 5) is 50.6. The molecule has 0 aromatic rings. The molecule has 0 aromatic carbocycles. The molecule has 0 radical (unpaired) electrons. The van der Waals surface area contributed by atoms with E-state index < -0.39 is 17.9 Å². The van der Waals surface area contributed by atoms with Gasteiger partial charge in [0.15, 0.2) is 0 Å². The highest BCUT2D eigenvalue weighted by atomic mass is 16.4. The number of hydrogen-bond donors (Lipinski definition) is 3. The number of nitrogens with one attached hydrogen (secondary N) is 2. The second-order valence-corrected chi connectivity index (χ2v) is 7.39. The molecule has 0 bridgehead atoms. The van der Waals surface area contributed by atoms with Gasteiger partial charge in [-0.25, -0.2) is 9.59 Å². The number of likely N-dealkylation sites (tertiary alicyclic amines) is 1. The van der Waals surface area contributed by atoms with E-state index in [9.17, 15) is 24.3 Å². The summed E-state index contributed by atoms with van der Waals surface area (Å²) in [5, 5.41) is 14.7. The number of carboxylic acids is 1. The van der Waals surface area contributed by atoms with Gasteiger partial charge in [0.25, 0.3) is 0 Å². The predicted octanol–water partition coefficient (Wildman–Crippen LogP) is 0.502. The van der Waals surface area contributed by atoms with Gasteiger partial charge in [-0.3, -0.25) is 9.59 Å². The van der Waals surface area contributed by atoms with Crippen molar-refractivity contribution in [2.45, 2.75) is 46.6 Å². The van der Waals surface area contributed by atoms with Crippen LogP contribution in [0.4, 0.5) is 4.79 Å². The van der Waals surface area contributed by atoms with Crippen LogP contribution in [0.1, 0.15) is 40.5 Å². The Morgan fingerprint density at radius 1 is 1.19 bits per heavy atom. The maximum atomic E-state index is 12.9. The lowest BCUT2D eigenvalue weighted by Gasteiger charge is -2.36. The molecule has 1 rings (SSSR count). The van der Waals surface area contributed by atoms with Crippen LogP contribution in [0, 0.1) is 11.8 Å². The smallest absolute Gasteiger partial charge is 0.326 e. The molecule has 154 valence electrons. The largest absolute Gasteiger partial charge is 0.480 e. The number of hydrogen-bond acceptors (Lipinski definition) is 4. The number of carboxylic acid groups (broad SMARTS) is 1. The van der Waals surface area contributed by atoms with Crippen LogP contribution in [0.5, 0.6) is 0 Å². The number of nitrogens with zero attached hydrogens (tertiary/aromatic N) is 2. The Morgan fingerprint density at radius 2 is 1.85 bits per heavy atom. The lowest BCUT2D eigenvalue weighted by molar-refractivity contribution is -0.152. The molecule has 1 aliphatic rings. The average Bonchev–Trinajstić information content (AvgIpc) is 2.62. The first kappa shape index (κ1) is 22.7. The molecule has 1 heterocycles. The third kappa shape index (κ3) is 7.44. The Balaban J connectivity index is 2.76. The van der Waals surface area contributed by atoms with Crippen LogP contribution in [-0.4, -0.2) is 77.5 Å². The van der Waals surface area contributed by atoms with Crippen molar-refractivity contribution in [1.29, 1.82) is 0 Å². The van der Waals surface area contributed by atoms with Crippen LogP contribution in [0.3, 0.4) is 0 Å². The topological polar surface area (TPSA) is 119 Å². The minimum atomic E-state index is -1.10. The SMILES string of the molecule is CC(=O)NCCN(C(=O)C1CCCN(C(=O)NCC(C)C)C1)C(C)C(=O)O. The van der Waals surface area contributed by atoms with Crippen molar-refractivity contribution in [3.8, 4) is 0 Å². The molecule has 0 aliphatic carbocycles. The van der Waals surface area contributed by atoms with Crippen LogP contribution in [0.25, 0.3) is 0 Å². The van der Waals surface area contributed by atoms with Gasteiger partial charge in [0.05, 0.1) is 5.92 Å². The van der Waals surface area contributed by atoms with E-state index in [2.05, 4.69) is 10.6 Å². The van der Waals surface area contributed by atoms with Crippen molar-refractivity contribution in [2.75, 3.05) is 32.7 Å². The monoisotopic (exact) mass is 384 g/mol. The molecule has 2 unspecified atom stereocenters. The van der Waals surface area contributed by atoms with Crippen LogP contribution < -0.4 is 10.6 Å². The van der Waals surface area contributed by atoms with Gasteiger partial charge in [-0.1, -0.05) is 13.8 Å². The predicted molar refractivity (Wildman–Crippen MR) is 100 cm³/mol. The first-order chi connectivity index (χ1) is 12.6. The Hall–Kier alpha value is -2.32. The fourth-order valence-corrected chi connectivity index (χ4v) is 2.98. The molecule has 1 saturated heterocycles. The van der Waals surface area contributed by atoms with Crippen LogP contribution in [-0.2, 0) is 14.4 Å². The first-order valence-corrected chi connectivity index (χ1v) is 9.44. The molecule has 1 fully saturated rings. The van der Waals surface area contributed by atoms with Gasteiger partial charge in [-0.15, -0.1) is 0 Å². The Labute approximate surface area is 160 Å². The summed E-state index contributed by atoms with van der Waals surface area (Å²) in [6.45, 7) is 8.52. The van der Waals surface area contributed by atoms with Gasteiger partial charge >= 0.3 is 12.0 Å². The summed E-state index contributed by atoms with van der Waals surface area (Å²) in [5.74, 6) is -1.75. The molecule has 0 aromatic heterocycles. The van der Waals surface area contributed by atoms with Crippen LogP contribution in [0.15, 0.2) is 0 Å². The Kier molecular flexibility index (Phi) is 9.04. The molecule has 3 N–H and O–H groups in total. The maximum absolute atomic E-state index is 12.9. The first-order valence-electron chi connectivity index (χ1n) is 9.44. The number of piperidine rings is 1. The van der Waals surface area contributed by atoms with E-state index >= 15 is 0 Å². The summed E-state index contributed by atoms with van der Waals surface area (Å²) in [5.41, 5.74) is 0. The van der Waals surface area contributed by atoms with E-state index in [1.807, 2.05) is 13.8 Å². The zero-order valence-corrected chi connectivity index (χ0v) is 16.7. The van der Waals surface area contributed by atoms with E-state index in [0.29, 0.717) is 31.8 Å². The Bertz CT molecular complexity index is 552. The van der Waals surface area contributed by atoms with E-state index in [0.717, 1.165) is 0 Å². The van der Waals surface area contributed by atoms with Crippen molar-refractivity contribution in [2.24, 2.45) is 11.8 Å². The van der Waals surface area contributed by atoms with Crippen LogP contribution >= 0.6 is 0 Å². The standard InChI is InChI=1S/C18H32N4O5/c1-12(2)10-20-18(27)21-8-5-6-15(11-21)16(24)22(13(3)17(25)26)9-7-19-14(4)23/h12-13,15H,5-11H2,1-4H3,(H,19,23)(H,20,27)(H,25,26). The van der Waals surface area contributed by atoms with E-state index in [4.69, 9.17) is 0 Å². The lowest BCUT2D eigenvalue weighted by atomic mass is 9.96. The van der Waals surface area contributed by atoms with Gasteiger partial charge in [0, 0.05) is 39.6 Å². The molecule has 9 heteroatoms. The van der Waals surface area contributed by atoms with Gasteiger partial charge in [-0.2, -0.15) is 0 Å². The third-order valence-corrected chi connectivity index (χ3v) is 4.55. The van der Waals surface area contributed by atoms with E-state index in [1.54, 1.807) is 4.90 Å². The van der Waals surface area contributed by atoms with Gasteiger partial charge in [0.2, 0.25) is 11.8 Å². The Morgan fingerprint density at radius 3 is 2.41 bits per heavy atom. The number of rotatable bonds is 8. The minimum Gasteiger partial charge on any atom is -0.480 e. The van der Waals surface area contributed by atoms with Gasteiger partial charge in [0.1, 0.15) is 6.04 Å². The second kappa shape index (κ2) is 10.7. The highest BCUT2D eigenvalue weighted by Gasteiger charge is 2.34. The summed E-state index contributed by atoms with van der Waals surface area (Å²) < 4.78 is 0. The zero-order chi connectivity index (χ0) is 20.6. The van der Waals surface area contributed by atoms with E-state index in [1.165, 1.54) is 18.7 Å². The summed E-state index contributed by atoms with van der Waals surface area (Å²) in [7, 11) is 0. The van der Waals surface area contributed by atoms with Gasteiger partial charge in [-0.05, 0) is 25.7 Å². The molecule has 1 aliphatic heterocycles. The number of carbonyl (C=O) groups excluding carboxylic acids is 3. The highest BCUT2D eigenvalue weighted by molar-refractivity contribution is 5.86. The molecule has 2 atom stereocenters. The highest BCUT2D eigenvalue weighted by Crippen LogP contribution is 2.20. The normalized spacial score (nSPS) is 18.0. The minimum absolute atomic E-state index is 0.113. The molecule has 9 nitrogen and oxygen atoms in total. The fraction of sp³-hybridized carbons (Fsp3) is 0.778. The molecule has 27 heavy (non-hydrogen) atoms. The number of urea groups is 1. The van der Waals surface area contributed by atoms with Crippen LogP contribution in [0.2, 0.25) is 0 Å². The number of amides is 4. The van der Waals surface area contributed by atoms with Crippen molar-refractivity contribution >= 4 is 23.8 Å². The average molecular weight is 384 g/mol. The molecule has 0 spiro atoms. The van der Waals surface area contributed by atoms with Gasteiger partial charge < -0.3 is 25.5 Å². The summed E-state index contributed by atoms with van der Waals surface area (Å²) in [6, 6.07) is -1.20. The zero-order valence-electron chi connectivity index (χ0n) is 16.7. The fourth-order valence-electron chi connectivity index (χ4n) is 2.98. The number of aliphatic carboxylic acids is 1. The maximum Gasteiger partial charge on any atom is 0.326 e. The molecule has 4 amide bonds. The summed E-state index contributed by atoms with van der Waals surface area (Å²) >= 11 is 0. The lowest BCUT2D eigenvalue weighted by Crippen LogP contribution is -2.53. The number of carbonyl (C=O) groups is 4. The van der Waals surface area contributed by atoms with Crippen molar-refractivity contribution in [3.05, 3.63) is 0 Å². The molecule has 0 saturated carbocycles. The van der Waals surface area contributed by atoms with Crippen molar-refractivity contribution in [3.63, 3.8) is 0 Å². The summed E-state index contributed by atoms with van der Waals surface area (Å²) in [6.07, 6.45) is 1.29. The van der Waals surface area contributed by atoms with E-state index in [-0.39, 0.29) is 37.5 Å². The quantitative estimate of drug-likeness (QED) is 0.563. The third-order valence-electron chi connectivity index (χ3n) is 4.55. The molecular formula is C18H32N4O5. The molecular weight excluding hydrogens is 352 g/mol. The second-order valence-electron chi connectivity index (χ2n) is 7.39. The van der Waals surface area contributed by atoms with Crippen molar-refractivity contribution in [1.82, 2.24) is 20.4 Å². The van der Waals surface area contributed by atoms with Crippen molar-refractivity contribution < 1.29 is 24.3 Å².